The van der Waals surface area contributed by atoms with Gasteiger partial charge in [0.15, 0.2) is 0 Å². The highest BCUT2D eigenvalue weighted by Gasteiger charge is 2.36. The van der Waals surface area contributed by atoms with Crippen molar-refractivity contribution in [3.8, 4) is 5.75 Å². The van der Waals surface area contributed by atoms with Crippen molar-refractivity contribution in [1.82, 2.24) is 14.8 Å². The molecule has 0 saturated carbocycles. The monoisotopic (exact) mass is 333 g/mol. The topological polar surface area (TPSA) is 83.0 Å². The molecule has 0 aliphatic carbocycles. The Hall–Kier alpha value is -2.31. The van der Waals surface area contributed by atoms with Crippen molar-refractivity contribution in [1.29, 1.82) is 0 Å². The minimum atomic E-state index is -0.896. The summed E-state index contributed by atoms with van der Waals surface area (Å²) >= 11 is 0. The van der Waals surface area contributed by atoms with Gasteiger partial charge in [-0.25, -0.2) is 4.79 Å². The third kappa shape index (κ3) is 3.77. The Morgan fingerprint density at radius 2 is 2.00 bits per heavy atom. The molecule has 1 atom stereocenters. The Balaban J connectivity index is 1.46. The van der Waals surface area contributed by atoms with Crippen LogP contribution in [0.25, 0.3) is 0 Å². The van der Waals surface area contributed by atoms with E-state index in [1.54, 1.807) is 6.20 Å². The van der Waals surface area contributed by atoms with Gasteiger partial charge in [-0.1, -0.05) is 0 Å². The molecule has 130 valence electrons. The average molecular weight is 333 g/mol. The smallest absolute Gasteiger partial charge is 0.407 e. The first-order valence-electron chi connectivity index (χ1n) is 8.39. The lowest BCUT2D eigenvalue weighted by molar-refractivity contribution is -0.144. The molecule has 24 heavy (non-hydrogen) atoms. The number of nitrogens with zero attached hydrogens (tertiary/aromatic N) is 3. The zero-order chi connectivity index (χ0) is 17.1. The summed E-state index contributed by atoms with van der Waals surface area (Å²) in [6.07, 6.45) is 2.92. The molecule has 7 nitrogen and oxygen atoms in total. The van der Waals surface area contributed by atoms with Crippen LogP contribution in [-0.2, 0) is 4.79 Å². The molecule has 1 aromatic rings. The first-order chi connectivity index (χ1) is 11.5. The summed E-state index contributed by atoms with van der Waals surface area (Å²) in [7, 11) is 0. The van der Waals surface area contributed by atoms with Crippen molar-refractivity contribution in [3.05, 3.63) is 24.0 Å². The van der Waals surface area contributed by atoms with E-state index in [1.165, 1.54) is 4.90 Å². The maximum Gasteiger partial charge on any atom is 0.407 e. The number of likely N-dealkylation sites (tertiary alicyclic amines) is 2. The molecule has 2 aliphatic rings. The number of aromatic nitrogens is 1. The van der Waals surface area contributed by atoms with Crippen LogP contribution in [0.4, 0.5) is 4.79 Å². The molecule has 2 aliphatic heterocycles. The maximum absolute atomic E-state index is 12.5. The van der Waals surface area contributed by atoms with Gasteiger partial charge in [-0.15, -0.1) is 0 Å². The van der Waals surface area contributed by atoms with Crippen molar-refractivity contribution in [2.45, 2.75) is 32.3 Å². The molecular formula is C17H23N3O4. The molecule has 1 N–H and O–H groups in total. The number of carbonyl (C=O) groups is 2. The van der Waals surface area contributed by atoms with E-state index in [9.17, 15) is 9.59 Å². The first kappa shape index (κ1) is 16.5. The molecule has 0 bridgehead atoms. The van der Waals surface area contributed by atoms with E-state index < -0.39 is 6.09 Å². The molecule has 2 saturated heterocycles. The number of carboxylic acid groups (broad SMARTS) is 1. The summed E-state index contributed by atoms with van der Waals surface area (Å²) in [6.45, 7) is 4.06. The number of ether oxygens (including phenoxy) is 1. The van der Waals surface area contributed by atoms with Gasteiger partial charge in [0.25, 0.3) is 0 Å². The number of hydrogen-bond donors (Lipinski definition) is 1. The summed E-state index contributed by atoms with van der Waals surface area (Å²) in [6, 6.07) is 3.79. The van der Waals surface area contributed by atoms with Crippen molar-refractivity contribution in [3.63, 3.8) is 0 Å². The normalized spacial score (nSPS) is 21.8. The van der Waals surface area contributed by atoms with Crippen LogP contribution >= 0.6 is 0 Å². The van der Waals surface area contributed by atoms with Gasteiger partial charge in [0.05, 0.1) is 19.3 Å². The van der Waals surface area contributed by atoms with Crippen molar-refractivity contribution >= 4 is 12.0 Å². The predicted molar refractivity (Wildman–Crippen MR) is 86.9 cm³/mol. The quantitative estimate of drug-likeness (QED) is 0.911. The lowest BCUT2D eigenvalue weighted by atomic mass is 9.97. The third-order valence-corrected chi connectivity index (χ3v) is 4.69. The number of carbonyl (C=O) groups excluding carboxylic acids is 1. The fourth-order valence-corrected chi connectivity index (χ4v) is 3.20. The molecule has 0 spiro atoms. The fourth-order valence-electron chi connectivity index (χ4n) is 3.20. The van der Waals surface area contributed by atoms with E-state index in [0.717, 1.165) is 24.3 Å². The number of amides is 2. The molecule has 3 rings (SSSR count). The van der Waals surface area contributed by atoms with Crippen LogP contribution in [0.3, 0.4) is 0 Å². The lowest BCUT2D eigenvalue weighted by Gasteiger charge is -2.40. The second-order valence-electron chi connectivity index (χ2n) is 6.52. The minimum Gasteiger partial charge on any atom is -0.485 e. The molecule has 0 radical (unpaired) electrons. The summed E-state index contributed by atoms with van der Waals surface area (Å²) in [5.74, 6) is 0.782. The molecule has 2 fully saturated rings. The zero-order valence-corrected chi connectivity index (χ0v) is 13.9. The highest BCUT2D eigenvalue weighted by Crippen LogP contribution is 2.24. The minimum absolute atomic E-state index is 0.0137. The largest absolute Gasteiger partial charge is 0.485 e. The standard InChI is InChI=1S/C17H23N3O4/c1-12-4-5-14(9-18-12)24-15-10-20(11-15)16(21)13-3-2-7-19(8-6-13)17(22)23/h4-5,9,13,15H,2-3,6-8,10-11H2,1H3,(H,22,23). The van der Waals surface area contributed by atoms with Gasteiger partial charge < -0.3 is 19.6 Å². The Bertz CT molecular complexity index is 598. The van der Waals surface area contributed by atoms with Gasteiger partial charge >= 0.3 is 6.09 Å². The van der Waals surface area contributed by atoms with E-state index in [-0.39, 0.29) is 17.9 Å². The Morgan fingerprint density at radius 3 is 2.67 bits per heavy atom. The second kappa shape index (κ2) is 7.07. The molecule has 1 aromatic heterocycles. The second-order valence-corrected chi connectivity index (χ2v) is 6.52. The van der Waals surface area contributed by atoms with Gasteiger partial charge in [-0.2, -0.15) is 0 Å². The van der Waals surface area contributed by atoms with E-state index in [0.29, 0.717) is 32.6 Å². The van der Waals surface area contributed by atoms with E-state index in [2.05, 4.69) is 4.98 Å². The lowest BCUT2D eigenvalue weighted by Crippen LogP contribution is -2.57. The number of hydrogen-bond acceptors (Lipinski definition) is 4. The number of aryl methyl sites for hydroxylation is 1. The summed E-state index contributed by atoms with van der Waals surface area (Å²) in [5, 5.41) is 9.06. The number of rotatable bonds is 3. The van der Waals surface area contributed by atoms with Crippen LogP contribution in [0.1, 0.15) is 25.0 Å². The summed E-state index contributed by atoms with van der Waals surface area (Å²) in [5.41, 5.74) is 0.941. The Kier molecular flexibility index (Phi) is 4.87. The maximum atomic E-state index is 12.5. The van der Waals surface area contributed by atoms with E-state index in [1.807, 2.05) is 24.0 Å². The van der Waals surface area contributed by atoms with Gasteiger partial charge in [0.1, 0.15) is 11.9 Å². The van der Waals surface area contributed by atoms with Crippen molar-refractivity contribution < 1.29 is 19.4 Å². The van der Waals surface area contributed by atoms with Crippen LogP contribution in [-0.4, -0.2) is 64.2 Å². The fraction of sp³-hybridized carbons (Fsp3) is 0.588. The van der Waals surface area contributed by atoms with Crippen molar-refractivity contribution in [2.75, 3.05) is 26.2 Å². The molecule has 1 unspecified atom stereocenters. The highest BCUT2D eigenvalue weighted by molar-refractivity contribution is 5.80. The Labute approximate surface area is 141 Å². The molecule has 2 amide bonds. The van der Waals surface area contributed by atoms with Crippen LogP contribution in [0.2, 0.25) is 0 Å². The average Bonchev–Trinajstić information content (AvgIpc) is 2.78. The molecule has 3 heterocycles. The first-order valence-corrected chi connectivity index (χ1v) is 8.39. The SMILES string of the molecule is Cc1ccc(OC2CN(C(=O)C3CCCN(C(=O)O)CC3)C2)cn1. The summed E-state index contributed by atoms with van der Waals surface area (Å²) < 4.78 is 5.80. The van der Waals surface area contributed by atoms with Crippen LogP contribution in [0.5, 0.6) is 5.75 Å². The van der Waals surface area contributed by atoms with Gasteiger partial charge in [0.2, 0.25) is 5.91 Å². The van der Waals surface area contributed by atoms with Gasteiger partial charge in [0, 0.05) is 24.7 Å². The highest BCUT2D eigenvalue weighted by atomic mass is 16.5. The van der Waals surface area contributed by atoms with E-state index in [4.69, 9.17) is 9.84 Å². The van der Waals surface area contributed by atoms with Crippen LogP contribution in [0.15, 0.2) is 18.3 Å². The Morgan fingerprint density at radius 1 is 1.21 bits per heavy atom. The molecule has 7 heteroatoms. The van der Waals surface area contributed by atoms with Gasteiger partial charge in [-0.3, -0.25) is 9.78 Å². The van der Waals surface area contributed by atoms with Crippen molar-refractivity contribution in [2.24, 2.45) is 5.92 Å². The number of pyridine rings is 1. The summed E-state index contributed by atoms with van der Waals surface area (Å²) in [4.78, 5) is 31.0. The molecule has 0 aromatic carbocycles. The van der Waals surface area contributed by atoms with E-state index >= 15 is 0 Å². The zero-order valence-electron chi connectivity index (χ0n) is 13.9. The van der Waals surface area contributed by atoms with Crippen LogP contribution in [0, 0.1) is 12.8 Å². The molecular weight excluding hydrogens is 310 g/mol. The van der Waals surface area contributed by atoms with Gasteiger partial charge in [-0.05, 0) is 38.3 Å². The van der Waals surface area contributed by atoms with Crippen LogP contribution < -0.4 is 4.74 Å². The predicted octanol–water partition coefficient (Wildman–Crippen LogP) is 1.76. The third-order valence-electron chi connectivity index (χ3n) is 4.69.